The van der Waals surface area contributed by atoms with Crippen molar-refractivity contribution in [3.05, 3.63) is 23.2 Å². The van der Waals surface area contributed by atoms with E-state index in [4.69, 9.17) is 16.7 Å². The van der Waals surface area contributed by atoms with Crippen molar-refractivity contribution in [2.24, 2.45) is 0 Å². The van der Waals surface area contributed by atoms with Gasteiger partial charge in [0, 0.05) is 19.7 Å². The van der Waals surface area contributed by atoms with Gasteiger partial charge in [0.15, 0.2) is 0 Å². The van der Waals surface area contributed by atoms with E-state index in [2.05, 4.69) is 16.9 Å². The maximum Gasteiger partial charge on any atom is 0.274 e. The summed E-state index contributed by atoms with van der Waals surface area (Å²) in [5, 5.41) is 9.18. The monoisotopic (exact) mass is 313 g/mol. The molecule has 0 aromatic carbocycles. The molecule has 0 aliphatic carbocycles. The number of hydrogen-bond acceptors (Lipinski definition) is 4. The molecule has 0 unspecified atom stereocenters. The lowest BCUT2D eigenvalue weighted by Crippen LogP contribution is -2.34. The SMILES string of the molecule is CCCCCCCN(CCCO)C(=O)c1cncc(Cl)n1. The maximum atomic E-state index is 12.4. The van der Waals surface area contributed by atoms with Crippen LogP contribution in [0.3, 0.4) is 0 Å². The van der Waals surface area contributed by atoms with E-state index in [-0.39, 0.29) is 23.4 Å². The van der Waals surface area contributed by atoms with E-state index in [1.807, 2.05) is 0 Å². The van der Waals surface area contributed by atoms with Crippen LogP contribution < -0.4 is 0 Å². The number of halogens is 1. The van der Waals surface area contributed by atoms with E-state index in [9.17, 15) is 4.79 Å². The molecule has 6 heteroatoms. The lowest BCUT2D eigenvalue weighted by Gasteiger charge is -2.22. The molecule has 0 fully saturated rings. The molecule has 118 valence electrons. The molecule has 1 N–H and O–H groups in total. The van der Waals surface area contributed by atoms with Gasteiger partial charge >= 0.3 is 0 Å². The van der Waals surface area contributed by atoms with E-state index in [0.717, 1.165) is 12.8 Å². The average Bonchev–Trinajstić information content (AvgIpc) is 2.49. The van der Waals surface area contributed by atoms with Crippen LogP contribution in [0.4, 0.5) is 0 Å². The molecule has 1 aromatic heterocycles. The van der Waals surface area contributed by atoms with Crippen LogP contribution in [-0.2, 0) is 0 Å². The molecule has 0 aliphatic heterocycles. The van der Waals surface area contributed by atoms with Gasteiger partial charge < -0.3 is 10.0 Å². The number of carbonyl (C=O) groups is 1. The summed E-state index contributed by atoms with van der Waals surface area (Å²) in [6.45, 7) is 3.45. The Kier molecular flexibility index (Phi) is 8.94. The molecule has 0 atom stereocenters. The molecule has 0 bridgehead atoms. The van der Waals surface area contributed by atoms with Crippen LogP contribution in [0, 0.1) is 0 Å². The number of aliphatic hydroxyl groups excluding tert-OH is 1. The summed E-state index contributed by atoms with van der Waals surface area (Å²) in [6, 6.07) is 0. The van der Waals surface area contributed by atoms with Gasteiger partial charge in [-0.05, 0) is 12.8 Å². The third kappa shape index (κ3) is 6.87. The summed E-state index contributed by atoms with van der Waals surface area (Å²) in [5.41, 5.74) is 0.258. The molecule has 5 nitrogen and oxygen atoms in total. The molecular weight excluding hydrogens is 290 g/mol. The van der Waals surface area contributed by atoms with Crippen LogP contribution in [-0.4, -0.2) is 45.6 Å². The van der Waals surface area contributed by atoms with E-state index in [0.29, 0.717) is 19.5 Å². The van der Waals surface area contributed by atoms with Gasteiger partial charge in [-0.25, -0.2) is 4.98 Å². The van der Waals surface area contributed by atoms with Crippen LogP contribution >= 0.6 is 11.6 Å². The number of aliphatic hydroxyl groups is 1. The highest BCUT2D eigenvalue weighted by atomic mass is 35.5. The zero-order valence-corrected chi connectivity index (χ0v) is 13.3. The van der Waals surface area contributed by atoms with Crippen LogP contribution in [0.1, 0.15) is 55.9 Å². The summed E-state index contributed by atoms with van der Waals surface area (Å²) < 4.78 is 0. The van der Waals surface area contributed by atoms with Crippen molar-refractivity contribution >= 4 is 17.5 Å². The first-order valence-corrected chi connectivity index (χ1v) is 7.94. The van der Waals surface area contributed by atoms with E-state index < -0.39 is 0 Å². The second kappa shape index (κ2) is 10.5. The summed E-state index contributed by atoms with van der Waals surface area (Å²) in [5.74, 6) is -0.172. The fourth-order valence-electron chi connectivity index (χ4n) is 2.09. The summed E-state index contributed by atoms with van der Waals surface area (Å²) in [7, 11) is 0. The Morgan fingerprint density at radius 1 is 1.19 bits per heavy atom. The van der Waals surface area contributed by atoms with Crippen LogP contribution in [0.25, 0.3) is 0 Å². The zero-order valence-electron chi connectivity index (χ0n) is 12.6. The first kappa shape index (κ1) is 17.9. The number of aromatic nitrogens is 2. The highest BCUT2D eigenvalue weighted by Crippen LogP contribution is 2.09. The number of nitrogens with zero attached hydrogens (tertiary/aromatic N) is 3. The van der Waals surface area contributed by atoms with Gasteiger partial charge in [0.05, 0.1) is 12.4 Å². The van der Waals surface area contributed by atoms with E-state index in [1.165, 1.54) is 31.7 Å². The Bertz CT molecular complexity index is 429. The Hall–Kier alpha value is -1.20. The standard InChI is InChI=1S/C15H24ClN3O2/c1-2-3-4-5-6-8-19(9-7-10-20)15(21)13-11-17-12-14(16)18-13/h11-12,20H,2-10H2,1H3. The number of rotatable bonds is 10. The zero-order chi connectivity index (χ0) is 15.5. The van der Waals surface area contributed by atoms with Gasteiger partial charge in [-0.15, -0.1) is 0 Å². The highest BCUT2D eigenvalue weighted by molar-refractivity contribution is 6.29. The molecule has 0 aliphatic rings. The second-order valence-electron chi connectivity index (χ2n) is 5.01. The Morgan fingerprint density at radius 2 is 1.90 bits per heavy atom. The van der Waals surface area contributed by atoms with Gasteiger partial charge in [-0.3, -0.25) is 9.78 Å². The maximum absolute atomic E-state index is 12.4. The van der Waals surface area contributed by atoms with Crippen molar-refractivity contribution in [3.63, 3.8) is 0 Å². The number of unbranched alkanes of at least 4 members (excludes halogenated alkanes) is 4. The highest BCUT2D eigenvalue weighted by Gasteiger charge is 2.17. The normalized spacial score (nSPS) is 10.6. The predicted molar refractivity (Wildman–Crippen MR) is 83.4 cm³/mol. The number of amides is 1. The lowest BCUT2D eigenvalue weighted by molar-refractivity contribution is 0.0735. The number of carbonyl (C=O) groups excluding carboxylic acids is 1. The summed E-state index contributed by atoms with van der Waals surface area (Å²) >= 11 is 5.78. The lowest BCUT2D eigenvalue weighted by atomic mass is 10.1. The fourth-order valence-corrected chi connectivity index (χ4v) is 2.24. The number of hydrogen-bond donors (Lipinski definition) is 1. The molecule has 0 saturated carbocycles. The quantitative estimate of drug-likeness (QED) is 0.674. The van der Waals surface area contributed by atoms with Crippen molar-refractivity contribution in [1.29, 1.82) is 0 Å². The molecule has 1 rings (SSSR count). The minimum absolute atomic E-state index is 0.0703. The second-order valence-corrected chi connectivity index (χ2v) is 5.40. The Morgan fingerprint density at radius 3 is 2.57 bits per heavy atom. The first-order valence-electron chi connectivity index (χ1n) is 7.56. The molecule has 0 saturated heterocycles. The molecule has 1 heterocycles. The van der Waals surface area contributed by atoms with Gasteiger partial charge in [0.25, 0.3) is 5.91 Å². The Balaban J connectivity index is 2.56. The van der Waals surface area contributed by atoms with Crippen molar-refractivity contribution in [1.82, 2.24) is 14.9 Å². The average molecular weight is 314 g/mol. The molecular formula is C15H24ClN3O2. The minimum atomic E-state index is -0.172. The molecule has 21 heavy (non-hydrogen) atoms. The molecule has 1 aromatic rings. The van der Waals surface area contributed by atoms with Gasteiger partial charge in [-0.2, -0.15) is 0 Å². The van der Waals surface area contributed by atoms with E-state index >= 15 is 0 Å². The molecule has 0 radical (unpaired) electrons. The van der Waals surface area contributed by atoms with Crippen LogP contribution in [0.5, 0.6) is 0 Å². The molecule has 0 spiro atoms. The van der Waals surface area contributed by atoms with Crippen molar-refractivity contribution in [2.75, 3.05) is 19.7 Å². The first-order chi connectivity index (χ1) is 10.2. The van der Waals surface area contributed by atoms with E-state index in [1.54, 1.807) is 4.90 Å². The Labute approximate surface area is 131 Å². The summed E-state index contributed by atoms with van der Waals surface area (Å²) in [4.78, 5) is 22.0. The molecule has 1 amide bonds. The third-order valence-electron chi connectivity index (χ3n) is 3.23. The van der Waals surface area contributed by atoms with Gasteiger partial charge in [0.1, 0.15) is 10.8 Å². The van der Waals surface area contributed by atoms with Crippen molar-refractivity contribution in [3.8, 4) is 0 Å². The third-order valence-corrected chi connectivity index (χ3v) is 3.41. The van der Waals surface area contributed by atoms with Gasteiger partial charge in [0.2, 0.25) is 0 Å². The van der Waals surface area contributed by atoms with Crippen molar-refractivity contribution < 1.29 is 9.90 Å². The summed E-state index contributed by atoms with van der Waals surface area (Å²) in [6.07, 6.45) is 9.08. The predicted octanol–water partition coefficient (Wildman–Crippen LogP) is 2.93. The van der Waals surface area contributed by atoms with Crippen molar-refractivity contribution in [2.45, 2.75) is 45.4 Å². The van der Waals surface area contributed by atoms with Crippen LogP contribution in [0.15, 0.2) is 12.4 Å². The van der Waals surface area contributed by atoms with Crippen LogP contribution in [0.2, 0.25) is 5.15 Å². The van der Waals surface area contributed by atoms with Gasteiger partial charge in [-0.1, -0.05) is 44.2 Å². The largest absolute Gasteiger partial charge is 0.396 e. The minimum Gasteiger partial charge on any atom is -0.396 e. The smallest absolute Gasteiger partial charge is 0.274 e. The fraction of sp³-hybridized carbons (Fsp3) is 0.667. The topological polar surface area (TPSA) is 66.3 Å².